The fourth-order valence-corrected chi connectivity index (χ4v) is 5.85. The number of phenols is 4. The van der Waals surface area contributed by atoms with Crippen LogP contribution in [0.2, 0.25) is 0 Å². The van der Waals surface area contributed by atoms with Gasteiger partial charge in [0.25, 0.3) is 0 Å². The zero-order valence-electron chi connectivity index (χ0n) is 33.1. The van der Waals surface area contributed by atoms with E-state index in [1.165, 1.54) is 46.5 Å². The SMILES string of the molecule is CCCCC(=Nc1cc(C)cc(C)c1)C(CCCC)=Nc1cc(C)cc(C)c1.CCc1ccc(O)c(O)c1C(=O)[O-].CCc1ccc(O)c(O)c1C(=O)[O-].[Ni+2]. The topological polar surface area (TPSA) is 186 Å². The van der Waals surface area contributed by atoms with Crippen LogP contribution in [0.1, 0.15) is 120 Å². The largest absolute Gasteiger partial charge is 2.00 e. The molecule has 0 aromatic heterocycles. The molecule has 0 spiro atoms. The number of hydrogen-bond acceptors (Lipinski definition) is 10. The maximum atomic E-state index is 10.6. The number of aryl methyl sites for hydroxylation is 6. The number of carbonyl (C=O) groups excluding carboxylic acids is 2. The minimum atomic E-state index is -1.48. The molecule has 11 heteroatoms. The molecule has 0 amide bonds. The van der Waals surface area contributed by atoms with Crippen LogP contribution in [0.4, 0.5) is 11.4 Å². The fourth-order valence-electron chi connectivity index (χ4n) is 5.85. The predicted octanol–water partition coefficient (Wildman–Crippen LogP) is 8.19. The summed E-state index contributed by atoms with van der Waals surface area (Å²) in [6, 6.07) is 18.5. The van der Waals surface area contributed by atoms with Crippen molar-refractivity contribution in [3.8, 4) is 23.0 Å². The van der Waals surface area contributed by atoms with Crippen molar-refractivity contribution in [3.05, 3.63) is 105 Å². The Bertz CT molecular complexity index is 1790. The van der Waals surface area contributed by atoms with E-state index >= 15 is 0 Å². The average molecular weight is 798 g/mol. The molecule has 4 aromatic carbocycles. The third-order valence-corrected chi connectivity index (χ3v) is 8.46. The van der Waals surface area contributed by atoms with E-state index in [9.17, 15) is 30.0 Å². The van der Waals surface area contributed by atoms with Crippen molar-refractivity contribution in [2.24, 2.45) is 9.98 Å². The van der Waals surface area contributed by atoms with E-state index in [1.807, 2.05) is 0 Å². The first-order valence-electron chi connectivity index (χ1n) is 18.4. The van der Waals surface area contributed by atoms with Gasteiger partial charge in [0.2, 0.25) is 0 Å². The van der Waals surface area contributed by atoms with Gasteiger partial charge in [0.05, 0.1) is 34.7 Å². The van der Waals surface area contributed by atoms with Crippen molar-refractivity contribution in [1.82, 2.24) is 0 Å². The van der Waals surface area contributed by atoms with E-state index in [0.717, 1.165) is 61.3 Å². The summed E-state index contributed by atoms with van der Waals surface area (Å²) in [5.74, 6) is -5.11. The van der Waals surface area contributed by atoms with Crippen molar-refractivity contribution >= 4 is 34.7 Å². The van der Waals surface area contributed by atoms with Crippen LogP contribution >= 0.6 is 0 Å². The smallest absolute Gasteiger partial charge is 0.545 e. The summed E-state index contributed by atoms with van der Waals surface area (Å²) in [6.45, 7) is 16.5. The molecule has 0 heterocycles. The molecule has 0 aliphatic rings. The number of aromatic carboxylic acids is 2. The number of hydrogen-bond donors (Lipinski definition) is 4. The molecule has 4 N–H and O–H groups in total. The first-order valence-corrected chi connectivity index (χ1v) is 18.4. The van der Waals surface area contributed by atoms with Crippen LogP contribution in [0.3, 0.4) is 0 Å². The number of carboxylic acids is 2. The molecular weight excluding hydrogens is 743 g/mol. The molecule has 0 aliphatic heterocycles. The number of aromatic hydroxyl groups is 4. The minimum absolute atomic E-state index is 0. The van der Waals surface area contributed by atoms with Gasteiger partial charge >= 0.3 is 16.5 Å². The molecule has 4 aromatic rings. The third kappa shape index (κ3) is 14.9. The number of carbonyl (C=O) groups is 2. The fraction of sp³-hybridized carbons (Fsp3) is 0.364. The van der Waals surface area contributed by atoms with E-state index in [4.69, 9.17) is 20.2 Å². The average Bonchev–Trinajstić information content (AvgIpc) is 3.10. The molecule has 55 heavy (non-hydrogen) atoms. The van der Waals surface area contributed by atoms with Crippen molar-refractivity contribution in [2.45, 2.75) is 107 Å². The van der Waals surface area contributed by atoms with Crippen LogP contribution in [0.15, 0.2) is 70.6 Å². The Balaban J connectivity index is 0.000000466. The van der Waals surface area contributed by atoms with Gasteiger partial charge in [0.15, 0.2) is 23.0 Å². The Morgan fingerprint density at radius 2 is 0.855 bits per heavy atom. The summed E-state index contributed by atoms with van der Waals surface area (Å²) in [6.07, 6.45) is 7.48. The van der Waals surface area contributed by atoms with Gasteiger partial charge in [-0.25, -0.2) is 0 Å². The summed E-state index contributed by atoms with van der Waals surface area (Å²) in [5.41, 5.74) is 9.66. The number of unbranched alkanes of at least 4 members (excludes halogenated alkanes) is 2. The first kappa shape index (κ1) is 47.9. The molecule has 0 atom stereocenters. The van der Waals surface area contributed by atoms with Gasteiger partial charge < -0.3 is 40.2 Å². The number of nitrogens with zero attached hydrogens (tertiary/aromatic N) is 2. The predicted molar refractivity (Wildman–Crippen MR) is 212 cm³/mol. The van der Waals surface area contributed by atoms with Gasteiger partial charge in [0, 0.05) is 11.1 Å². The summed E-state index contributed by atoms with van der Waals surface area (Å²) >= 11 is 0. The summed E-state index contributed by atoms with van der Waals surface area (Å²) in [7, 11) is 0. The number of carboxylic acid groups (broad SMARTS) is 2. The Kier molecular flexibility index (Phi) is 20.5. The quantitative estimate of drug-likeness (QED) is 0.0592. The molecule has 0 bridgehead atoms. The third-order valence-electron chi connectivity index (χ3n) is 8.46. The second kappa shape index (κ2) is 23.6. The molecule has 10 nitrogen and oxygen atoms in total. The Morgan fingerprint density at radius 3 is 1.11 bits per heavy atom. The molecule has 0 saturated heterocycles. The molecule has 0 unspecified atom stereocenters. The van der Waals surface area contributed by atoms with Crippen LogP contribution in [0.25, 0.3) is 0 Å². The maximum Gasteiger partial charge on any atom is 2.00 e. The standard InChI is InChI=1S/C26H36N2.2C9H10O4.Ni/c1-7-9-11-25(27-23-15-19(3)13-20(4)16-23)26(12-10-8-2)28-24-17-21(5)14-22(6)18-24;2*1-2-5-3-4-6(10)8(11)7(5)9(12)13;/h13-18H,7-12H2,1-6H3;2*3-4,10-11H,2H2,1H3,(H,12,13);/q;;;+2/p-2. The van der Waals surface area contributed by atoms with Crippen LogP contribution < -0.4 is 10.2 Å². The van der Waals surface area contributed by atoms with E-state index in [1.54, 1.807) is 13.8 Å². The summed E-state index contributed by atoms with van der Waals surface area (Å²) in [5, 5.41) is 57.6. The van der Waals surface area contributed by atoms with Gasteiger partial charge in [-0.3, -0.25) is 9.98 Å². The van der Waals surface area contributed by atoms with Gasteiger partial charge in [-0.1, -0.05) is 64.8 Å². The number of rotatable bonds is 13. The molecule has 0 aliphatic carbocycles. The zero-order chi connectivity index (χ0) is 40.5. The van der Waals surface area contributed by atoms with Crippen LogP contribution in [0, 0.1) is 27.7 Å². The van der Waals surface area contributed by atoms with E-state index in [2.05, 4.69) is 77.9 Å². The number of phenolic OH excluding ortho intramolecular Hbond substituents is 2. The minimum Gasteiger partial charge on any atom is -0.545 e. The van der Waals surface area contributed by atoms with E-state index in [-0.39, 0.29) is 27.6 Å². The number of aliphatic imine (C=N–C) groups is 2. The van der Waals surface area contributed by atoms with Crippen LogP contribution in [-0.2, 0) is 29.3 Å². The van der Waals surface area contributed by atoms with Crippen LogP contribution in [0.5, 0.6) is 23.0 Å². The Hall–Kier alpha value is -5.15. The maximum absolute atomic E-state index is 10.6. The zero-order valence-corrected chi connectivity index (χ0v) is 34.1. The van der Waals surface area contributed by atoms with Crippen molar-refractivity contribution in [1.29, 1.82) is 0 Å². The van der Waals surface area contributed by atoms with E-state index in [0.29, 0.717) is 24.0 Å². The van der Waals surface area contributed by atoms with Crippen molar-refractivity contribution in [3.63, 3.8) is 0 Å². The van der Waals surface area contributed by atoms with Crippen LogP contribution in [-0.4, -0.2) is 43.8 Å². The van der Waals surface area contributed by atoms with E-state index < -0.39 is 34.9 Å². The molecule has 298 valence electrons. The van der Waals surface area contributed by atoms with Gasteiger partial charge in [0.1, 0.15) is 0 Å². The first-order chi connectivity index (χ1) is 25.6. The molecule has 0 fully saturated rings. The monoisotopic (exact) mass is 796 g/mol. The molecule has 4 rings (SSSR count). The Morgan fingerprint density at radius 1 is 0.545 bits per heavy atom. The Labute approximate surface area is 335 Å². The van der Waals surface area contributed by atoms with Gasteiger partial charge in [-0.15, -0.1) is 0 Å². The van der Waals surface area contributed by atoms with Gasteiger partial charge in [-0.05, 0) is 136 Å². The number of benzene rings is 4. The second-order valence-electron chi connectivity index (χ2n) is 13.2. The molecular formula is C44H54N2NiO8. The van der Waals surface area contributed by atoms with Gasteiger partial charge in [-0.2, -0.15) is 0 Å². The summed E-state index contributed by atoms with van der Waals surface area (Å²) < 4.78 is 0. The normalized spacial score (nSPS) is 11.1. The molecule has 0 saturated carbocycles. The summed E-state index contributed by atoms with van der Waals surface area (Å²) in [4.78, 5) is 31.3. The van der Waals surface area contributed by atoms with Crippen molar-refractivity contribution < 1.29 is 56.7 Å². The second-order valence-corrected chi connectivity index (χ2v) is 13.2. The van der Waals surface area contributed by atoms with Crippen molar-refractivity contribution in [2.75, 3.05) is 0 Å². The molecule has 0 radical (unpaired) electrons.